The second-order valence-electron chi connectivity index (χ2n) is 8.04. The first-order chi connectivity index (χ1) is 15.6. The summed E-state index contributed by atoms with van der Waals surface area (Å²) in [6, 6.07) is -0.807. The van der Waals surface area contributed by atoms with Gasteiger partial charge in [0, 0.05) is 6.42 Å². The zero-order valence-corrected chi connectivity index (χ0v) is 20.6. The fourth-order valence-electron chi connectivity index (χ4n) is 3.47. The first kappa shape index (κ1) is 31.8. The number of hydrogen-bond donors (Lipinski definition) is 9. The lowest BCUT2D eigenvalue weighted by Gasteiger charge is -2.44. The van der Waals surface area contributed by atoms with E-state index in [2.05, 4.69) is 12.6 Å². The summed E-state index contributed by atoms with van der Waals surface area (Å²) in [5.41, 5.74) is 5.58. The van der Waals surface area contributed by atoms with Crippen LogP contribution in [-0.2, 0) is 23.7 Å². The lowest BCUT2D eigenvalue weighted by Crippen LogP contribution is -2.63. The molecule has 13 nitrogen and oxygen atoms in total. The predicted molar refractivity (Wildman–Crippen MR) is 125 cm³/mol. The maximum absolute atomic E-state index is 12.0. The van der Waals surface area contributed by atoms with Crippen LogP contribution in [0.3, 0.4) is 0 Å². The molecule has 15 heteroatoms. The number of carboxylic acid groups (broad SMARTS) is 1. The van der Waals surface area contributed by atoms with Gasteiger partial charge in [-0.05, 0) is 30.1 Å². The van der Waals surface area contributed by atoms with E-state index in [1.165, 1.54) is 0 Å². The molecule has 0 aliphatic carbocycles. The van der Waals surface area contributed by atoms with Crippen LogP contribution >= 0.6 is 24.4 Å². The van der Waals surface area contributed by atoms with Crippen LogP contribution < -0.4 is 11.9 Å². The van der Waals surface area contributed by atoms with Crippen LogP contribution in [0.15, 0.2) is 0 Å². The number of thiol groups is 1. The highest BCUT2D eigenvalue weighted by atomic mass is 32.2. The number of aliphatic hydroxyl groups is 5. The topological polar surface area (TPSA) is 236 Å². The van der Waals surface area contributed by atoms with Crippen molar-refractivity contribution in [1.29, 1.82) is 0 Å². The molecule has 2 saturated heterocycles. The quantitative estimate of drug-likeness (QED) is 0.0891. The average molecular weight is 535 g/mol. The Labute approximate surface area is 207 Å². The summed E-state index contributed by atoms with van der Waals surface area (Å²) in [6.07, 6.45) is -9.47. The van der Waals surface area contributed by atoms with Crippen LogP contribution in [0.2, 0.25) is 0 Å². The highest BCUT2D eigenvalue weighted by Crippen LogP contribution is 2.33. The summed E-state index contributed by atoms with van der Waals surface area (Å²) in [7, 11) is 0. The van der Waals surface area contributed by atoms with Crippen molar-refractivity contribution in [2.45, 2.75) is 74.0 Å². The molecule has 2 fully saturated rings. The molecule has 0 aromatic rings. The number of hydrogen-bond acceptors (Lipinski definition) is 14. The fraction of sp³-hybridized carbons (Fsp3) is 0.947. The highest BCUT2D eigenvalue weighted by Gasteiger charge is 2.54. The molecule has 0 amide bonds. The molecular formula is C19H38N2O11S2. The zero-order chi connectivity index (χ0) is 24.6. The molecule has 0 aromatic carbocycles. The minimum Gasteiger partial charge on any atom is -0.477 e. The number of aliphatic hydroxyl groups excluding tert-OH is 5. The number of aliphatic carboxylic acids is 1. The summed E-state index contributed by atoms with van der Waals surface area (Å²) in [4.78, 5) is 12.0. The molecule has 34 heavy (non-hydrogen) atoms. The van der Waals surface area contributed by atoms with Crippen LogP contribution in [0.1, 0.15) is 19.3 Å². The monoisotopic (exact) mass is 534 g/mol. The summed E-state index contributed by atoms with van der Waals surface area (Å²) < 4.78 is 21.4. The second kappa shape index (κ2) is 15.1. The van der Waals surface area contributed by atoms with Crippen molar-refractivity contribution in [2.75, 3.05) is 37.1 Å². The number of ether oxygens (including phenoxy) is 4. The van der Waals surface area contributed by atoms with Crippen LogP contribution in [-0.4, -0.2) is 128 Å². The van der Waals surface area contributed by atoms with Gasteiger partial charge in [-0.15, -0.1) is 0 Å². The Hall–Kier alpha value is -0.270. The number of carboxylic acids is 1. The maximum atomic E-state index is 12.0. The Bertz CT molecular complexity index is 611. The van der Waals surface area contributed by atoms with Gasteiger partial charge in [-0.1, -0.05) is 0 Å². The van der Waals surface area contributed by atoms with Gasteiger partial charge in [0.2, 0.25) is 0 Å². The molecule has 0 saturated carbocycles. The zero-order valence-electron chi connectivity index (χ0n) is 18.8. The molecule has 0 unspecified atom stereocenters. The van der Waals surface area contributed by atoms with Gasteiger partial charge in [-0.25, -0.2) is 4.79 Å². The van der Waals surface area contributed by atoms with Gasteiger partial charge in [-0.2, -0.15) is 24.4 Å². The van der Waals surface area contributed by atoms with E-state index in [0.29, 0.717) is 6.42 Å². The summed E-state index contributed by atoms with van der Waals surface area (Å²) in [5, 5.41) is 60.6. The van der Waals surface area contributed by atoms with Gasteiger partial charge in [0.25, 0.3) is 5.79 Å². The Kier molecular flexibility index (Phi) is 14.1. The highest BCUT2D eigenvalue weighted by molar-refractivity contribution is 7.99. The molecule has 2 rings (SSSR count). The van der Waals surface area contributed by atoms with Crippen LogP contribution in [0.5, 0.6) is 0 Å². The first-order valence-electron chi connectivity index (χ1n) is 10.8. The Balaban J connectivity index is 0.00000578. The smallest absolute Gasteiger partial charge is 0.364 e. The number of thioether (sulfide) groups is 1. The van der Waals surface area contributed by atoms with Crippen LogP contribution in [0.4, 0.5) is 0 Å². The SMILES string of the molecule is N.N[C@H]1CO[C@H](OC[C@@H](O)[C@H]2O[C@@](OCCCSCCCS)(C(=O)O)C[C@@H](O)[C@H]2O)[C@H](O)[C@H]1O. The van der Waals surface area contributed by atoms with E-state index in [0.717, 1.165) is 23.7 Å². The molecule has 0 radical (unpaired) electrons. The van der Waals surface area contributed by atoms with E-state index in [1.54, 1.807) is 11.8 Å². The molecule has 11 N–H and O–H groups in total. The molecular weight excluding hydrogens is 496 g/mol. The van der Waals surface area contributed by atoms with Gasteiger partial charge in [0.1, 0.15) is 30.5 Å². The predicted octanol–water partition coefficient (Wildman–Crippen LogP) is -2.32. The molecule has 0 aromatic heterocycles. The largest absolute Gasteiger partial charge is 0.477 e. The Morgan fingerprint density at radius 1 is 1.18 bits per heavy atom. The van der Waals surface area contributed by atoms with Crippen molar-refractivity contribution in [2.24, 2.45) is 5.73 Å². The van der Waals surface area contributed by atoms with Gasteiger partial charge in [0.15, 0.2) is 6.29 Å². The van der Waals surface area contributed by atoms with E-state index in [1.807, 2.05) is 0 Å². The van der Waals surface area contributed by atoms with E-state index in [9.17, 15) is 35.4 Å². The van der Waals surface area contributed by atoms with Crippen molar-refractivity contribution in [3.8, 4) is 0 Å². The maximum Gasteiger partial charge on any atom is 0.364 e. The van der Waals surface area contributed by atoms with E-state index in [4.69, 9.17) is 24.7 Å². The summed E-state index contributed by atoms with van der Waals surface area (Å²) in [5.74, 6) is -1.33. The fourth-order valence-corrected chi connectivity index (χ4v) is 4.72. The summed E-state index contributed by atoms with van der Waals surface area (Å²) >= 11 is 5.81. The standard InChI is InChI=1S/C19H35NO11S2.H3N/c20-10-8-28-17(15(25)13(10)23)29-9-12(22)16-14(24)11(21)7-19(31-16,18(26)27)30-3-1-5-33-6-2-4-32;/h10-17,21-25,32H,1-9,20H2,(H,26,27);1H3/t10-,11+,12+,13-,14+,15+,16+,17+,19+;/m0./s1. The van der Waals surface area contributed by atoms with E-state index >= 15 is 0 Å². The van der Waals surface area contributed by atoms with Gasteiger partial charge >= 0.3 is 5.97 Å². The Morgan fingerprint density at radius 2 is 1.85 bits per heavy atom. The van der Waals surface area contributed by atoms with Crippen molar-refractivity contribution < 1.29 is 54.4 Å². The minimum absolute atomic E-state index is 0. The lowest BCUT2D eigenvalue weighted by molar-refractivity contribution is -0.328. The van der Waals surface area contributed by atoms with E-state index in [-0.39, 0.29) is 19.4 Å². The van der Waals surface area contributed by atoms with Crippen molar-refractivity contribution >= 4 is 30.4 Å². The average Bonchev–Trinajstić information content (AvgIpc) is 2.78. The normalized spacial score (nSPS) is 37.1. The molecule has 0 spiro atoms. The molecule has 2 aliphatic rings. The van der Waals surface area contributed by atoms with E-state index < -0.39 is 73.7 Å². The minimum atomic E-state index is -2.26. The molecule has 2 aliphatic heterocycles. The second-order valence-corrected chi connectivity index (χ2v) is 9.71. The molecule has 202 valence electrons. The lowest BCUT2D eigenvalue weighted by atomic mass is 9.92. The molecule has 9 atom stereocenters. The van der Waals surface area contributed by atoms with Crippen LogP contribution in [0.25, 0.3) is 0 Å². The Morgan fingerprint density at radius 3 is 2.50 bits per heavy atom. The van der Waals surface area contributed by atoms with Crippen LogP contribution in [0, 0.1) is 0 Å². The molecule has 0 bridgehead atoms. The third kappa shape index (κ3) is 8.40. The third-order valence-electron chi connectivity index (χ3n) is 5.41. The van der Waals surface area contributed by atoms with Gasteiger partial charge in [-0.3, -0.25) is 0 Å². The third-order valence-corrected chi connectivity index (χ3v) is 6.88. The summed E-state index contributed by atoms with van der Waals surface area (Å²) in [6.45, 7) is -0.624. The van der Waals surface area contributed by atoms with Crippen molar-refractivity contribution in [3.05, 3.63) is 0 Å². The molecule has 2 heterocycles. The van der Waals surface area contributed by atoms with Gasteiger partial charge < -0.3 is 61.5 Å². The number of nitrogens with two attached hydrogens (primary N) is 1. The van der Waals surface area contributed by atoms with Gasteiger partial charge in [0.05, 0.1) is 32.0 Å². The number of carbonyl (C=O) groups is 1. The number of rotatable bonds is 13. The first-order valence-corrected chi connectivity index (χ1v) is 12.5. The van der Waals surface area contributed by atoms with Crippen molar-refractivity contribution in [3.63, 3.8) is 0 Å². The van der Waals surface area contributed by atoms with Crippen molar-refractivity contribution in [1.82, 2.24) is 6.15 Å².